The van der Waals surface area contributed by atoms with Gasteiger partial charge in [-0.25, -0.2) is 0 Å². The van der Waals surface area contributed by atoms with E-state index in [1.54, 1.807) is 18.2 Å². The molecular weight excluding hydrogens is 470 g/mol. The Bertz CT molecular complexity index is 1230. The van der Waals surface area contributed by atoms with Crippen LogP contribution in [0.2, 0.25) is 0 Å². The zero-order chi connectivity index (χ0) is 24.4. The summed E-state index contributed by atoms with van der Waals surface area (Å²) in [7, 11) is 0. The number of thiocarbonyl (C=S) groups is 1. The molecule has 0 spiro atoms. The molecule has 0 saturated carbocycles. The van der Waals surface area contributed by atoms with Crippen LogP contribution in [0.15, 0.2) is 52.9 Å². The summed E-state index contributed by atoms with van der Waals surface area (Å²) in [5, 5.41) is 15.6. The molecule has 0 unspecified atom stereocenters. The first kappa shape index (κ1) is 23.1. The third-order valence-corrected chi connectivity index (χ3v) is 6.67. The lowest BCUT2D eigenvalue weighted by molar-refractivity contribution is -0.384. The minimum absolute atomic E-state index is 0.101. The standard InChI is InChI=1S/C24H25N5O5S/c30-23(22-15-17-3-1-2-4-21(17)34-22)25-24(35)28-9-7-26(8-10-28)18-5-6-19(29(31)32)20(16-18)27-11-13-33-14-12-27/h1-6,15-16H,7-14H2,(H,25,30,35). The fourth-order valence-corrected chi connectivity index (χ4v) is 4.70. The molecule has 182 valence electrons. The van der Waals surface area contributed by atoms with Crippen LogP contribution >= 0.6 is 12.2 Å². The summed E-state index contributed by atoms with van der Waals surface area (Å²) in [6.07, 6.45) is 0. The number of carbonyl (C=O) groups excluding carboxylic acids is 1. The van der Waals surface area contributed by atoms with Crippen LogP contribution < -0.4 is 15.1 Å². The summed E-state index contributed by atoms with van der Waals surface area (Å²) in [6.45, 7) is 4.91. The summed E-state index contributed by atoms with van der Waals surface area (Å²) in [5.74, 6) is -0.159. The van der Waals surface area contributed by atoms with Crippen LogP contribution in [0, 0.1) is 10.1 Å². The normalized spacial score (nSPS) is 16.4. The Morgan fingerprint density at radius 2 is 1.71 bits per heavy atom. The zero-order valence-corrected chi connectivity index (χ0v) is 19.8. The van der Waals surface area contributed by atoms with Crippen LogP contribution in [0.3, 0.4) is 0 Å². The van der Waals surface area contributed by atoms with Gasteiger partial charge in [0.25, 0.3) is 11.6 Å². The number of piperazine rings is 1. The van der Waals surface area contributed by atoms with Gasteiger partial charge in [0.1, 0.15) is 11.3 Å². The van der Waals surface area contributed by atoms with Gasteiger partial charge in [-0.15, -0.1) is 0 Å². The monoisotopic (exact) mass is 495 g/mol. The number of nitrogens with zero attached hydrogens (tertiary/aromatic N) is 4. The van der Waals surface area contributed by atoms with Crippen molar-refractivity contribution in [2.24, 2.45) is 0 Å². The van der Waals surface area contributed by atoms with E-state index in [1.165, 1.54) is 0 Å². The van der Waals surface area contributed by atoms with E-state index in [0.29, 0.717) is 68.9 Å². The Kier molecular flexibility index (Phi) is 6.51. The summed E-state index contributed by atoms with van der Waals surface area (Å²) in [6, 6.07) is 14.4. The Morgan fingerprint density at radius 3 is 2.43 bits per heavy atom. The Hall–Kier alpha value is -3.70. The summed E-state index contributed by atoms with van der Waals surface area (Å²) >= 11 is 5.48. The lowest BCUT2D eigenvalue weighted by Crippen LogP contribution is -2.52. The summed E-state index contributed by atoms with van der Waals surface area (Å²) < 4.78 is 11.0. The number of furan rings is 1. The van der Waals surface area contributed by atoms with Gasteiger partial charge in [-0.3, -0.25) is 20.2 Å². The molecule has 1 amide bonds. The quantitative estimate of drug-likeness (QED) is 0.332. The number of para-hydroxylation sites is 1. The second-order valence-electron chi connectivity index (χ2n) is 8.41. The van der Waals surface area contributed by atoms with E-state index in [2.05, 4.69) is 10.2 Å². The second-order valence-corrected chi connectivity index (χ2v) is 8.80. The van der Waals surface area contributed by atoms with Crippen molar-refractivity contribution in [2.75, 3.05) is 62.3 Å². The van der Waals surface area contributed by atoms with Gasteiger partial charge in [-0.05, 0) is 36.5 Å². The number of fused-ring (bicyclic) bond motifs is 1. The van der Waals surface area contributed by atoms with Gasteiger partial charge in [0.05, 0.1) is 18.1 Å². The summed E-state index contributed by atoms with van der Waals surface area (Å²) in [5.41, 5.74) is 2.29. The van der Waals surface area contributed by atoms with E-state index in [4.69, 9.17) is 21.4 Å². The van der Waals surface area contributed by atoms with Crippen molar-refractivity contribution in [1.29, 1.82) is 0 Å². The van der Waals surface area contributed by atoms with Crippen molar-refractivity contribution < 1.29 is 18.9 Å². The molecular formula is C24H25N5O5S. The van der Waals surface area contributed by atoms with E-state index < -0.39 is 0 Å². The Balaban J connectivity index is 1.22. The highest BCUT2D eigenvalue weighted by Crippen LogP contribution is 2.33. The minimum Gasteiger partial charge on any atom is -0.451 e. The van der Waals surface area contributed by atoms with Gasteiger partial charge in [0.15, 0.2) is 10.9 Å². The van der Waals surface area contributed by atoms with Gasteiger partial charge in [-0.1, -0.05) is 18.2 Å². The highest BCUT2D eigenvalue weighted by Gasteiger charge is 2.26. The molecule has 2 aliphatic heterocycles. The molecule has 1 aromatic heterocycles. The molecule has 0 atom stereocenters. The average Bonchev–Trinajstić information content (AvgIpc) is 3.33. The smallest absolute Gasteiger partial charge is 0.293 e. The van der Waals surface area contributed by atoms with Crippen molar-refractivity contribution in [3.8, 4) is 0 Å². The van der Waals surface area contributed by atoms with Crippen LogP contribution in [0.25, 0.3) is 11.0 Å². The molecule has 2 aliphatic rings. The van der Waals surface area contributed by atoms with Gasteiger partial charge in [-0.2, -0.15) is 0 Å². The van der Waals surface area contributed by atoms with Crippen LogP contribution in [0.5, 0.6) is 0 Å². The number of amides is 1. The fraction of sp³-hybridized carbons (Fsp3) is 0.333. The lowest BCUT2D eigenvalue weighted by atomic mass is 10.1. The van der Waals surface area contributed by atoms with E-state index >= 15 is 0 Å². The third-order valence-electron chi connectivity index (χ3n) is 6.31. The van der Waals surface area contributed by atoms with Crippen molar-refractivity contribution in [1.82, 2.24) is 10.2 Å². The maximum Gasteiger partial charge on any atom is 0.293 e. The van der Waals surface area contributed by atoms with Crippen molar-refractivity contribution in [3.63, 3.8) is 0 Å². The van der Waals surface area contributed by atoms with Crippen LogP contribution in [0.4, 0.5) is 17.1 Å². The van der Waals surface area contributed by atoms with E-state index in [1.807, 2.05) is 40.1 Å². The van der Waals surface area contributed by atoms with E-state index in [-0.39, 0.29) is 22.3 Å². The number of anilines is 2. The first-order chi connectivity index (χ1) is 17.0. The molecule has 1 N–H and O–H groups in total. The van der Waals surface area contributed by atoms with Crippen molar-refractivity contribution in [3.05, 3.63) is 64.4 Å². The predicted octanol–water partition coefficient (Wildman–Crippen LogP) is 3.01. The van der Waals surface area contributed by atoms with Crippen LogP contribution in [-0.2, 0) is 4.74 Å². The van der Waals surface area contributed by atoms with E-state index in [0.717, 1.165) is 11.1 Å². The number of benzene rings is 2. The Morgan fingerprint density at radius 1 is 0.971 bits per heavy atom. The number of hydrogen-bond donors (Lipinski definition) is 1. The number of nitrogens with one attached hydrogen (secondary N) is 1. The molecule has 3 aromatic rings. The maximum absolute atomic E-state index is 12.6. The van der Waals surface area contributed by atoms with Crippen LogP contribution in [0.1, 0.15) is 10.6 Å². The number of morpholine rings is 1. The molecule has 0 radical (unpaired) electrons. The topological polar surface area (TPSA) is 104 Å². The highest BCUT2D eigenvalue weighted by molar-refractivity contribution is 7.80. The number of hydrogen-bond acceptors (Lipinski definition) is 8. The molecule has 35 heavy (non-hydrogen) atoms. The zero-order valence-electron chi connectivity index (χ0n) is 19.0. The first-order valence-corrected chi connectivity index (χ1v) is 11.9. The molecule has 2 aromatic carbocycles. The van der Waals surface area contributed by atoms with Gasteiger partial charge in [0.2, 0.25) is 0 Å². The number of nitro benzene ring substituents is 1. The van der Waals surface area contributed by atoms with Gasteiger partial charge < -0.3 is 23.9 Å². The largest absolute Gasteiger partial charge is 0.451 e. The fourth-order valence-electron chi connectivity index (χ4n) is 4.42. The minimum atomic E-state index is -0.376. The summed E-state index contributed by atoms with van der Waals surface area (Å²) in [4.78, 5) is 30.0. The van der Waals surface area contributed by atoms with E-state index in [9.17, 15) is 14.9 Å². The number of nitro groups is 1. The number of ether oxygens (including phenoxy) is 1. The molecule has 11 heteroatoms. The van der Waals surface area contributed by atoms with Gasteiger partial charge >= 0.3 is 0 Å². The third kappa shape index (κ3) is 4.91. The van der Waals surface area contributed by atoms with Crippen molar-refractivity contribution in [2.45, 2.75) is 0 Å². The predicted molar refractivity (Wildman–Crippen MR) is 136 cm³/mol. The van der Waals surface area contributed by atoms with Crippen molar-refractivity contribution >= 4 is 51.3 Å². The molecule has 0 aliphatic carbocycles. The lowest BCUT2D eigenvalue weighted by Gasteiger charge is -2.37. The number of carbonyl (C=O) groups is 1. The second kappa shape index (κ2) is 9.88. The maximum atomic E-state index is 12.6. The molecule has 5 rings (SSSR count). The highest BCUT2D eigenvalue weighted by atomic mass is 32.1. The Labute approximate surface area is 207 Å². The number of rotatable bonds is 4. The molecule has 3 heterocycles. The molecule has 2 fully saturated rings. The SMILES string of the molecule is O=C(NC(=S)N1CCN(c2ccc([N+](=O)[O-])c(N3CCOCC3)c2)CC1)c1cc2ccccc2o1. The van der Waals surface area contributed by atoms with Gasteiger partial charge in [0, 0.05) is 56.4 Å². The van der Waals surface area contributed by atoms with Crippen LogP contribution in [-0.4, -0.2) is 73.3 Å². The first-order valence-electron chi connectivity index (χ1n) is 11.4. The molecule has 0 bridgehead atoms. The average molecular weight is 496 g/mol. The molecule has 2 saturated heterocycles. The molecule has 10 nitrogen and oxygen atoms in total.